The van der Waals surface area contributed by atoms with E-state index < -0.39 is 131 Å². The van der Waals surface area contributed by atoms with Gasteiger partial charge in [0.2, 0.25) is 65.0 Å². The van der Waals surface area contributed by atoms with Crippen LogP contribution in [0, 0.1) is 5.92 Å². The molecule has 0 aliphatic carbocycles. The van der Waals surface area contributed by atoms with E-state index in [0.717, 1.165) is 22.7 Å². The summed E-state index contributed by atoms with van der Waals surface area (Å²) in [5, 5.41) is 35.5. The molecular weight excluding hydrogens is 1260 g/mol. The minimum Gasteiger partial charge on any atom is -0.508 e. The van der Waals surface area contributed by atoms with Crippen LogP contribution in [-0.2, 0) is 72.0 Å². The number of H-pyrrole nitrogens is 1. The Morgan fingerprint density at radius 2 is 1.16 bits per heavy atom. The third-order valence-corrected chi connectivity index (χ3v) is 17.6. The van der Waals surface area contributed by atoms with Gasteiger partial charge in [0.25, 0.3) is 0 Å². The standard InChI is InChI=1S/C65H96N16O12S2/c1-38(2)55-64(92)76-49(26-30-95-37-54(83)72-35-44(69)57(85)74-47(20-10-13-28-67)58(86)79-52(36-94)62(90)73-46(56(70)84)19-9-12-27-66)65(93)81(3)53(32-39-15-5-4-6-16-39)63(91)78-50(31-40-22-24-42(82)25-23-40)60(88)77-51(33-41-34-71-45-18-8-7-17-43(41)45)61(89)75-48(59(87)80-55)21-11-14-29-68/h4-8,15-18,22-25,34,38,44,46-53,55,71,82,94H,9-14,19-21,26-33,35-37,66-69H2,1-3H3,(H2,70,84)(H,72,83)(H,73,90)(H,74,85)(H,75,89)(H,76,92)(H,77,88)(H,78,91)(H,79,86)(H,80,87)/t44-,46-,47-,48-,49-,50-,51+,52-,53+,55-/m0/s1. The van der Waals surface area contributed by atoms with Crippen molar-refractivity contribution in [3.05, 3.63) is 102 Å². The number of benzene rings is 3. The number of aromatic hydroxyl groups is 1. The minimum atomic E-state index is -1.40. The molecule has 10 atom stereocenters. The predicted octanol–water partition coefficient (Wildman–Crippen LogP) is -1.35. The second-order valence-corrected chi connectivity index (χ2v) is 25.4. The number of fused-ring (bicyclic) bond motifs is 1. The largest absolute Gasteiger partial charge is 0.508 e. The summed E-state index contributed by atoms with van der Waals surface area (Å²) in [6.45, 7) is 3.95. The van der Waals surface area contributed by atoms with Crippen LogP contribution in [0.15, 0.2) is 85.1 Å². The summed E-state index contributed by atoms with van der Waals surface area (Å²) in [4.78, 5) is 160. The highest BCUT2D eigenvalue weighted by Crippen LogP contribution is 2.22. The van der Waals surface area contributed by atoms with E-state index in [9.17, 15) is 48.3 Å². The maximum absolute atomic E-state index is 15.2. The average molecular weight is 1360 g/mol. The lowest BCUT2D eigenvalue weighted by molar-refractivity contribution is -0.143. The van der Waals surface area contributed by atoms with Gasteiger partial charge >= 0.3 is 0 Å². The van der Waals surface area contributed by atoms with Gasteiger partial charge in [0.05, 0.1) is 5.75 Å². The molecule has 520 valence electrons. The van der Waals surface area contributed by atoms with E-state index in [-0.39, 0.29) is 81.0 Å². The number of aromatic nitrogens is 1. The van der Waals surface area contributed by atoms with E-state index in [1.165, 1.54) is 24.1 Å². The molecule has 30 heteroatoms. The second kappa shape index (κ2) is 40.2. The number of carbonyl (C=O) groups excluding carboxylic acids is 11. The van der Waals surface area contributed by atoms with Crippen molar-refractivity contribution in [1.29, 1.82) is 0 Å². The van der Waals surface area contributed by atoms with Gasteiger partial charge in [0, 0.05) is 55.7 Å². The number of phenols is 1. The molecule has 0 unspecified atom stereocenters. The molecule has 1 fully saturated rings. The Morgan fingerprint density at radius 1 is 0.611 bits per heavy atom. The highest BCUT2D eigenvalue weighted by atomic mass is 32.2. The molecule has 3 aromatic carbocycles. The Hall–Kier alpha value is -8.29. The Kier molecular flexibility index (Phi) is 32.7. The van der Waals surface area contributed by atoms with Gasteiger partial charge in [0.15, 0.2) is 0 Å². The maximum Gasteiger partial charge on any atom is 0.245 e. The number of unbranched alkanes of at least 4 members (excludes halogenated alkanes) is 3. The van der Waals surface area contributed by atoms with E-state index in [1.54, 1.807) is 62.5 Å². The fourth-order valence-corrected chi connectivity index (χ4v) is 11.7. The third-order valence-electron chi connectivity index (χ3n) is 16.2. The molecule has 2 heterocycles. The second-order valence-electron chi connectivity index (χ2n) is 23.9. The minimum absolute atomic E-state index is 0.0466. The predicted molar refractivity (Wildman–Crippen MR) is 365 cm³/mol. The zero-order valence-corrected chi connectivity index (χ0v) is 55.9. The zero-order valence-electron chi connectivity index (χ0n) is 54.2. The number of phenolic OH excluding ortho intramolecular Hbond substituents is 1. The fraction of sp³-hybridized carbons (Fsp3) is 0.523. The number of aromatic amines is 1. The van der Waals surface area contributed by atoms with Gasteiger partial charge in [-0.25, -0.2) is 0 Å². The van der Waals surface area contributed by atoms with Crippen molar-refractivity contribution < 1.29 is 57.8 Å². The Bertz CT molecular complexity index is 3200. The number of hydrogen-bond donors (Lipinski definition) is 17. The summed E-state index contributed by atoms with van der Waals surface area (Å²) >= 11 is 5.29. The molecule has 95 heavy (non-hydrogen) atoms. The van der Waals surface area contributed by atoms with Crippen molar-refractivity contribution in [2.24, 2.45) is 34.6 Å². The van der Waals surface area contributed by atoms with Crippen LogP contribution in [-0.4, -0.2) is 191 Å². The summed E-state index contributed by atoms with van der Waals surface area (Å²) < 4.78 is 0. The number of para-hydroxylation sites is 1. The van der Waals surface area contributed by atoms with Gasteiger partial charge in [-0.15, -0.1) is 0 Å². The average Bonchev–Trinajstić information content (AvgIpc) is 1.80. The van der Waals surface area contributed by atoms with Gasteiger partial charge < -0.3 is 91.5 Å². The number of thioether (sulfide) groups is 1. The van der Waals surface area contributed by atoms with E-state index >= 15 is 9.59 Å². The molecule has 0 spiro atoms. The lowest BCUT2D eigenvalue weighted by atomic mass is 9.98. The smallest absolute Gasteiger partial charge is 0.245 e. The van der Waals surface area contributed by atoms with Crippen molar-refractivity contribution in [2.45, 2.75) is 158 Å². The first-order valence-electron chi connectivity index (χ1n) is 32.2. The van der Waals surface area contributed by atoms with Crippen LogP contribution >= 0.6 is 24.4 Å². The number of nitrogens with two attached hydrogens (primary N) is 5. The summed E-state index contributed by atoms with van der Waals surface area (Å²) in [7, 11) is 1.39. The Balaban J connectivity index is 1.39. The summed E-state index contributed by atoms with van der Waals surface area (Å²) in [6.07, 6.45) is 4.60. The Morgan fingerprint density at radius 3 is 1.80 bits per heavy atom. The molecule has 28 nitrogen and oxygen atoms in total. The van der Waals surface area contributed by atoms with Crippen LogP contribution in [0.2, 0.25) is 0 Å². The van der Waals surface area contributed by atoms with Crippen molar-refractivity contribution >= 4 is 100 Å². The highest BCUT2D eigenvalue weighted by Gasteiger charge is 2.39. The maximum atomic E-state index is 15.2. The first-order chi connectivity index (χ1) is 45.5. The lowest BCUT2D eigenvalue weighted by Crippen LogP contribution is -2.62. The number of amides is 11. The monoisotopic (exact) mass is 1360 g/mol. The van der Waals surface area contributed by atoms with E-state index in [2.05, 4.69) is 65.5 Å². The first-order valence-corrected chi connectivity index (χ1v) is 33.9. The summed E-state index contributed by atoms with van der Waals surface area (Å²) in [5.41, 5.74) is 31.5. The van der Waals surface area contributed by atoms with E-state index in [0.29, 0.717) is 68.3 Å². The molecule has 0 saturated carbocycles. The normalized spacial score (nSPS) is 19.7. The molecule has 21 N–H and O–H groups in total. The topological polar surface area (TPSA) is 465 Å². The van der Waals surface area contributed by atoms with Gasteiger partial charge in [0.1, 0.15) is 66.2 Å². The molecular formula is C65H96N16O12S2. The van der Waals surface area contributed by atoms with Crippen LogP contribution in [0.1, 0.15) is 94.7 Å². The molecule has 1 saturated heterocycles. The molecule has 11 amide bonds. The third kappa shape index (κ3) is 25.1. The van der Waals surface area contributed by atoms with Crippen molar-refractivity contribution in [2.75, 3.05) is 50.5 Å². The van der Waals surface area contributed by atoms with E-state index in [1.807, 2.05) is 24.3 Å². The molecule has 5 rings (SSSR count). The number of thiol groups is 1. The number of nitrogens with zero attached hydrogens (tertiary/aromatic N) is 1. The van der Waals surface area contributed by atoms with Crippen molar-refractivity contribution in [3.63, 3.8) is 0 Å². The molecule has 0 radical (unpaired) electrons. The van der Waals surface area contributed by atoms with Gasteiger partial charge in [-0.1, -0.05) is 74.5 Å². The zero-order chi connectivity index (χ0) is 69.6. The van der Waals surface area contributed by atoms with E-state index in [4.69, 9.17) is 28.7 Å². The van der Waals surface area contributed by atoms with Gasteiger partial charge in [-0.05, 0) is 130 Å². The van der Waals surface area contributed by atoms with Crippen LogP contribution in [0.3, 0.4) is 0 Å². The number of primary amides is 1. The van der Waals surface area contributed by atoms with Crippen molar-refractivity contribution in [1.82, 2.24) is 57.7 Å². The lowest BCUT2D eigenvalue weighted by Gasteiger charge is -2.34. The quantitative estimate of drug-likeness (QED) is 0.0190. The molecule has 0 bridgehead atoms. The number of nitrogens with one attached hydrogen (secondary N) is 10. The SMILES string of the molecule is CC(C)[C@@H]1NC(=O)[C@H](CCCCN)NC(=O)[C@@H](Cc2c[nH]c3ccccc23)NC(=O)[C@H](Cc2ccc(O)cc2)NC(=O)[C@@H](Cc2ccccc2)N(C)C(=O)[C@H](CCSCC(=O)NC[C@H](N)C(=O)N[C@@H](CCCCN)C(=O)N[C@@H](CS)C(=O)N[C@@H](CCCCN)C(N)=O)NC1=O. The van der Waals surface area contributed by atoms with Crippen LogP contribution in [0.25, 0.3) is 10.9 Å². The summed E-state index contributed by atoms with van der Waals surface area (Å²) in [5.74, 6) is -9.10. The first kappa shape index (κ1) is 77.4. The van der Waals surface area contributed by atoms with Crippen LogP contribution in [0.5, 0.6) is 5.75 Å². The highest BCUT2D eigenvalue weighted by molar-refractivity contribution is 7.99. The molecule has 1 aliphatic heterocycles. The number of likely N-dealkylation sites (N-methyl/N-ethyl adjacent to an activating group) is 1. The van der Waals surface area contributed by atoms with Crippen molar-refractivity contribution in [3.8, 4) is 5.75 Å². The molecule has 1 aromatic heterocycles. The number of rotatable bonds is 34. The van der Waals surface area contributed by atoms with Gasteiger partial charge in [-0.2, -0.15) is 24.4 Å². The Labute approximate surface area is 563 Å². The van der Waals surface area contributed by atoms with Crippen LogP contribution in [0.4, 0.5) is 0 Å². The van der Waals surface area contributed by atoms with Crippen LogP contribution < -0.4 is 76.5 Å². The summed E-state index contributed by atoms with van der Waals surface area (Å²) in [6, 6.07) is 9.36. The molecule has 4 aromatic rings. The fourth-order valence-electron chi connectivity index (χ4n) is 10.6. The number of carbonyl (C=O) groups is 11. The molecule has 1 aliphatic rings. The number of hydrogen-bond acceptors (Lipinski definition) is 18. The van der Waals surface area contributed by atoms with Gasteiger partial charge in [-0.3, -0.25) is 52.7 Å².